The Kier molecular flexibility index (Phi) is 4.44. The van der Waals surface area contributed by atoms with Crippen LogP contribution in [-0.2, 0) is 13.0 Å². The summed E-state index contributed by atoms with van der Waals surface area (Å²) in [6.07, 6.45) is 2.62. The molecule has 94 valence electrons. The smallest absolute Gasteiger partial charge is 0.346 e. The summed E-state index contributed by atoms with van der Waals surface area (Å²) >= 11 is 1.26. The van der Waals surface area contributed by atoms with Gasteiger partial charge >= 0.3 is 5.97 Å². The van der Waals surface area contributed by atoms with Crippen LogP contribution in [0.15, 0.2) is 35.8 Å². The van der Waals surface area contributed by atoms with Crippen LogP contribution in [-0.4, -0.2) is 22.6 Å². The summed E-state index contributed by atoms with van der Waals surface area (Å²) in [6.45, 7) is 1.36. The summed E-state index contributed by atoms with van der Waals surface area (Å²) in [5.74, 6) is -0.855. The summed E-state index contributed by atoms with van der Waals surface area (Å²) in [4.78, 5) is 15.6. The van der Waals surface area contributed by atoms with Crippen LogP contribution < -0.4 is 5.32 Å². The number of aromatic carboxylic acids is 1. The predicted octanol–water partition coefficient (Wildman–Crippen LogP) is 2.17. The predicted molar refractivity (Wildman–Crippen MR) is 70.9 cm³/mol. The second-order valence-electron chi connectivity index (χ2n) is 3.83. The third kappa shape index (κ3) is 3.38. The fourth-order valence-corrected chi connectivity index (χ4v) is 2.41. The maximum atomic E-state index is 10.9. The molecule has 0 fully saturated rings. The molecule has 18 heavy (non-hydrogen) atoms. The van der Waals surface area contributed by atoms with Crippen molar-refractivity contribution in [3.05, 3.63) is 52.0 Å². The van der Waals surface area contributed by atoms with Gasteiger partial charge in [0.2, 0.25) is 0 Å². The molecule has 0 aliphatic rings. The highest BCUT2D eigenvalue weighted by atomic mass is 32.1. The van der Waals surface area contributed by atoms with E-state index in [4.69, 9.17) is 5.11 Å². The van der Waals surface area contributed by atoms with Gasteiger partial charge in [-0.25, -0.2) is 4.79 Å². The maximum Gasteiger partial charge on any atom is 0.346 e. The molecule has 0 saturated carbocycles. The Bertz CT molecular complexity index is 511. The van der Waals surface area contributed by atoms with E-state index >= 15 is 0 Å². The van der Waals surface area contributed by atoms with Crippen LogP contribution in [0.1, 0.15) is 20.9 Å². The molecule has 0 amide bonds. The zero-order valence-electron chi connectivity index (χ0n) is 9.80. The van der Waals surface area contributed by atoms with E-state index < -0.39 is 5.97 Å². The van der Waals surface area contributed by atoms with Gasteiger partial charge in [0.1, 0.15) is 4.88 Å². The zero-order valence-corrected chi connectivity index (χ0v) is 10.6. The summed E-state index contributed by atoms with van der Waals surface area (Å²) in [5, 5.41) is 14.0. The Morgan fingerprint density at radius 1 is 1.39 bits per heavy atom. The van der Waals surface area contributed by atoms with Gasteiger partial charge in [0.05, 0.1) is 0 Å². The van der Waals surface area contributed by atoms with Gasteiger partial charge in [0, 0.05) is 31.4 Å². The molecule has 2 aromatic heterocycles. The van der Waals surface area contributed by atoms with Crippen molar-refractivity contribution in [2.75, 3.05) is 6.54 Å². The van der Waals surface area contributed by atoms with Crippen LogP contribution in [0.5, 0.6) is 0 Å². The SMILES string of the molecule is O=C(O)c1sccc1CNCCc1ccccn1. The van der Waals surface area contributed by atoms with Gasteiger partial charge < -0.3 is 10.4 Å². The molecular formula is C13H14N2O2S. The van der Waals surface area contributed by atoms with Crippen molar-refractivity contribution in [2.45, 2.75) is 13.0 Å². The van der Waals surface area contributed by atoms with E-state index in [2.05, 4.69) is 10.3 Å². The normalized spacial score (nSPS) is 10.4. The average molecular weight is 262 g/mol. The van der Waals surface area contributed by atoms with Crippen LogP contribution in [0.3, 0.4) is 0 Å². The van der Waals surface area contributed by atoms with E-state index in [0.717, 1.165) is 24.2 Å². The number of nitrogens with one attached hydrogen (secondary N) is 1. The third-order valence-electron chi connectivity index (χ3n) is 2.54. The lowest BCUT2D eigenvalue weighted by Crippen LogP contribution is -2.18. The molecule has 5 heteroatoms. The number of hydrogen-bond donors (Lipinski definition) is 2. The van der Waals surface area contributed by atoms with Gasteiger partial charge in [-0.3, -0.25) is 4.98 Å². The highest BCUT2D eigenvalue weighted by Crippen LogP contribution is 2.16. The Morgan fingerprint density at radius 2 is 2.28 bits per heavy atom. The lowest BCUT2D eigenvalue weighted by Gasteiger charge is -2.04. The second kappa shape index (κ2) is 6.28. The number of nitrogens with zero attached hydrogens (tertiary/aromatic N) is 1. The molecule has 0 aromatic carbocycles. The minimum absolute atomic E-state index is 0.417. The molecule has 2 N–H and O–H groups in total. The fraction of sp³-hybridized carbons (Fsp3) is 0.231. The molecule has 2 aromatic rings. The van der Waals surface area contributed by atoms with Crippen molar-refractivity contribution in [2.24, 2.45) is 0 Å². The number of aromatic nitrogens is 1. The first-order valence-corrected chi connectivity index (χ1v) is 6.55. The van der Waals surface area contributed by atoms with Crippen LogP contribution in [0.4, 0.5) is 0 Å². The molecule has 4 nitrogen and oxygen atoms in total. The van der Waals surface area contributed by atoms with Crippen LogP contribution in [0.2, 0.25) is 0 Å². The highest BCUT2D eigenvalue weighted by Gasteiger charge is 2.10. The van der Waals surface area contributed by atoms with Crippen LogP contribution in [0, 0.1) is 0 Å². The summed E-state index contributed by atoms with van der Waals surface area (Å²) < 4.78 is 0. The van der Waals surface area contributed by atoms with E-state index in [9.17, 15) is 4.79 Å². The zero-order chi connectivity index (χ0) is 12.8. The molecule has 2 heterocycles. The molecule has 0 unspecified atom stereocenters. The lowest BCUT2D eigenvalue weighted by molar-refractivity contribution is 0.0701. The monoisotopic (exact) mass is 262 g/mol. The standard InChI is InChI=1S/C13H14N2O2S/c16-13(17)12-10(5-8-18-12)9-14-7-4-11-3-1-2-6-15-11/h1-3,5-6,8,14H,4,7,9H2,(H,16,17). The van der Waals surface area contributed by atoms with Gasteiger partial charge in [-0.1, -0.05) is 6.07 Å². The number of carboxylic acids is 1. The van der Waals surface area contributed by atoms with E-state index in [1.807, 2.05) is 24.3 Å². The molecule has 0 aliphatic carbocycles. The topological polar surface area (TPSA) is 62.2 Å². The number of carboxylic acid groups (broad SMARTS) is 1. The maximum absolute atomic E-state index is 10.9. The Hall–Kier alpha value is -1.72. The molecule has 0 saturated heterocycles. The van der Waals surface area contributed by atoms with Gasteiger partial charge in [-0.15, -0.1) is 11.3 Å². The van der Waals surface area contributed by atoms with E-state index in [1.54, 1.807) is 11.6 Å². The molecule has 2 rings (SSSR count). The number of pyridine rings is 1. The van der Waals surface area contributed by atoms with E-state index in [1.165, 1.54) is 11.3 Å². The van der Waals surface area contributed by atoms with Crippen molar-refractivity contribution in [1.29, 1.82) is 0 Å². The Labute approximate surface area is 109 Å². The van der Waals surface area contributed by atoms with E-state index in [0.29, 0.717) is 11.4 Å². The van der Waals surface area contributed by atoms with E-state index in [-0.39, 0.29) is 0 Å². The van der Waals surface area contributed by atoms with Gasteiger partial charge in [0.15, 0.2) is 0 Å². The summed E-state index contributed by atoms with van der Waals surface area (Å²) in [7, 11) is 0. The number of rotatable bonds is 6. The minimum atomic E-state index is -0.855. The molecule has 0 radical (unpaired) electrons. The second-order valence-corrected chi connectivity index (χ2v) is 4.74. The van der Waals surface area contributed by atoms with Gasteiger partial charge in [-0.2, -0.15) is 0 Å². The molecule has 0 aliphatic heterocycles. The average Bonchev–Trinajstić information content (AvgIpc) is 2.84. The first-order valence-electron chi connectivity index (χ1n) is 5.67. The highest BCUT2D eigenvalue weighted by molar-refractivity contribution is 7.12. The largest absolute Gasteiger partial charge is 0.477 e. The number of carbonyl (C=O) groups is 1. The third-order valence-corrected chi connectivity index (χ3v) is 3.49. The van der Waals surface area contributed by atoms with Crippen LogP contribution in [0.25, 0.3) is 0 Å². The summed E-state index contributed by atoms with van der Waals surface area (Å²) in [6, 6.07) is 7.68. The van der Waals surface area contributed by atoms with Gasteiger partial charge in [0.25, 0.3) is 0 Å². The first-order chi connectivity index (χ1) is 8.77. The molecular weight excluding hydrogens is 248 g/mol. The fourth-order valence-electron chi connectivity index (χ4n) is 1.65. The Morgan fingerprint density at radius 3 is 3.00 bits per heavy atom. The van der Waals surface area contributed by atoms with Gasteiger partial charge in [-0.05, 0) is 29.1 Å². The minimum Gasteiger partial charge on any atom is -0.477 e. The molecule has 0 bridgehead atoms. The molecule has 0 atom stereocenters. The van der Waals surface area contributed by atoms with Crippen molar-refractivity contribution >= 4 is 17.3 Å². The number of thiophene rings is 1. The van der Waals surface area contributed by atoms with Crippen molar-refractivity contribution in [3.8, 4) is 0 Å². The van der Waals surface area contributed by atoms with Crippen LogP contribution >= 0.6 is 11.3 Å². The molecule has 0 spiro atoms. The quantitative estimate of drug-likeness (QED) is 0.783. The Balaban J connectivity index is 1.79. The van der Waals surface area contributed by atoms with Crippen molar-refractivity contribution < 1.29 is 9.90 Å². The van der Waals surface area contributed by atoms with Crippen molar-refractivity contribution in [3.63, 3.8) is 0 Å². The number of hydrogen-bond acceptors (Lipinski definition) is 4. The lowest BCUT2D eigenvalue weighted by atomic mass is 10.2. The van der Waals surface area contributed by atoms with Crippen molar-refractivity contribution in [1.82, 2.24) is 10.3 Å². The summed E-state index contributed by atoms with van der Waals surface area (Å²) in [5.41, 5.74) is 1.88. The first kappa shape index (κ1) is 12.7.